The molecule has 1 aliphatic heterocycles. The van der Waals surface area contributed by atoms with Crippen LogP contribution in [0.1, 0.15) is 56.9 Å². The Kier molecular flexibility index (Phi) is 7.86. The number of Topliss-reactive ketones (excluding diaryl/α,β-unsaturated/α-hetero) is 1. The average Bonchev–Trinajstić information content (AvgIpc) is 3.37. The molecule has 0 spiro atoms. The highest BCUT2D eigenvalue weighted by Gasteiger charge is 2.34. The number of carbonyl (C=O) groups excluding carboxylic acids is 4. The first kappa shape index (κ1) is 26.2. The number of fused-ring (bicyclic) bond motifs is 1. The lowest BCUT2D eigenvalue weighted by Crippen LogP contribution is -2.53. The van der Waals surface area contributed by atoms with Crippen LogP contribution in [0.15, 0.2) is 18.2 Å². The third-order valence-electron chi connectivity index (χ3n) is 5.94. The number of amides is 3. The lowest BCUT2D eigenvalue weighted by Gasteiger charge is -2.26. The predicted molar refractivity (Wildman–Crippen MR) is 122 cm³/mol. The fourth-order valence-corrected chi connectivity index (χ4v) is 4.16. The second kappa shape index (κ2) is 10.5. The number of hydrogen-bond donors (Lipinski definition) is 4. The van der Waals surface area contributed by atoms with Gasteiger partial charge in [0.2, 0.25) is 11.8 Å². The Balaban J connectivity index is 1.79. The first-order valence-corrected chi connectivity index (χ1v) is 11.5. The summed E-state index contributed by atoms with van der Waals surface area (Å²) in [5.74, 6) is -4.28. The number of alkyl halides is 1. The van der Waals surface area contributed by atoms with Crippen molar-refractivity contribution in [2.45, 2.75) is 64.2 Å². The van der Waals surface area contributed by atoms with E-state index in [-0.39, 0.29) is 41.1 Å². The van der Waals surface area contributed by atoms with E-state index in [0.717, 1.165) is 6.07 Å². The summed E-state index contributed by atoms with van der Waals surface area (Å²) in [4.78, 5) is 52.9. The number of ketones is 1. The van der Waals surface area contributed by atoms with Crippen LogP contribution in [0, 0.1) is 17.6 Å². The van der Waals surface area contributed by atoms with Gasteiger partial charge in [-0.2, -0.15) is 0 Å². The average molecular weight is 495 g/mol. The molecule has 0 unspecified atom stereocenters. The van der Waals surface area contributed by atoms with Crippen LogP contribution in [0.2, 0.25) is 0 Å². The van der Waals surface area contributed by atoms with Gasteiger partial charge in [0, 0.05) is 36.8 Å². The molecule has 2 heterocycles. The highest BCUT2D eigenvalue weighted by atomic mass is 19.1. The van der Waals surface area contributed by atoms with Crippen molar-refractivity contribution in [3.05, 3.63) is 35.5 Å². The molecule has 3 atom stereocenters. The van der Waals surface area contributed by atoms with Crippen LogP contribution in [0.4, 0.5) is 13.2 Å². The van der Waals surface area contributed by atoms with Crippen molar-refractivity contribution in [3.8, 4) is 0 Å². The third-order valence-corrected chi connectivity index (χ3v) is 5.94. The smallest absolute Gasteiger partial charge is 0.268 e. The van der Waals surface area contributed by atoms with Crippen molar-refractivity contribution in [3.63, 3.8) is 0 Å². The summed E-state index contributed by atoms with van der Waals surface area (Å²) in [5, 5.41) is 7.78. The van der Waals surface area contributed by atoms with E-state index in [2.05, 4.69) is 20.9 Å². The molecule has 0 saturated carbocycles. The number of benzene rings is 1. The molecule has 0 radical (unpaired) electrons. The third kappa shape index (κ3) is 6.61. The fraction of sp³-hybridized carbons (Fsp3) is 0.500. The molecular weight excluding hydrogens is 465 g/mol. The molecule has 35 heavy (non-hydrogen) atoms. The summed E-state index contributed by atoms with van der Waals surface area (Å²) in [5.41, 5.74) is -2.10. The van der Waals surface area contributed by atoms with Gasteiger partial charge in [0.1, 0.15) is 29.0 Å². The van der Waals surface area contributed by atoms with E-state index < -0.39 is 53.5 Å². The van der Waals surface area contributed by atoms with Gasteiger partial charge in [0.05, 0.1) is 11.6 Å². The minimum Gasteiger partial charge on any atom is -0.356 e. The van der Waals surface area contributed by atoms with Gasteiger partial charge >= 0.3 is 0 Å². The number of aromatic amines is 1. The molecule has 2 aromatic rings. The number of aromatic nitrogens is 1. The number of nitrogens with one attached hydrogen (secondary N) is 4. The summed E-state index contributed by atoms with van der Waals surface area (Å²) < 4.78 is 42.0. The SMILES string of the molecule is CCC(=O)[C@H](C[C@@H]1CCNC1=O)NC(=O)[C@H](CC(C)(C)F)NC(=O)c1cc2cc(F)cc(F)c2[nH]1. The second-order valence-electron chi connectivity index (χ2n) is 9.38. The molecule has 11 heteroatoms. The van der Waals surface area contributed by atoms with E-state index in [1.54, 1.807) is 6.92 Å². The van der Waals surface area contributed by atoms with Crippen molar-refractivity contribution in [2.75, 3.05) is 6.54 Å². The largest absolute Gasteiger partial charge is 0.356 e. The highest BCUT2D eigenvalue weighted by molar-refractivity contribution is 6.01. The number of H-pyrrole nitrogens is 1. The van der Waals surface area contributed by atoms with Gasteiger partial charge in [0.15, 0.2) is 5.78 Å². The van der Waals surface area contributed by atoms with Crippen LogP contribution in [-0.2, 0) is 14.4 Å². The Morgan fingerprint density at radius 1 is 1.14 bits per heavy atom. The zero-order chi connectivity index (χ0) is 25.9. The molecule has 3 amide bonds. The molecule has 8 nitrogen and oxygen atoms in total. The molecule has 1 fully saturated rings. The first-order valence-electron chi connectivity index (χ1n) is 11.5. The Bertz CT molecular complexity index is 1140. The molecule has 1 saturated heterocycles. The van der Waals surface area contributed by atoms with Crippen molar-refractivity contribution >= 4 is 34.4 Å². The van der Waals surface area contributed by atoms with Crippen molar-refractivity contribution in [2.24, 2.45) is 5.92 Å². The number of hydrogen-bond acceptors (Lipinski definition) is 4. The second-order valence-corrected chi connectivity index (χ2v) is 9.38. The van der Waals surface area contributed by atoms with Crippen LogP contribution in [0.5, 0.6) is 0 Å². The molecule has 190 valence electrons. The molecular formula is C24H29F3N4O4. The summed E-state index contributed by atoms with van der Waals surface area (Å²) in [7, 11) is 0. The van der Waals surface area contributed by atoms with E-state index >= 15 is 0 Å². The quantitative estimate of drug-likeness (QED) is 0.406. The monoisotopic (exact) mass is 494 g/mol. The van der Waals surface area contributed by atoms with E-state index in [9.17, 15) is 32.3 Å². The topological polar surface area (TPSA) is 120 Å². The van der Waals surface area contributed by atoms with Crippen molar-refractivity contribution in [1.82, 2.24) is 20.9 Å². The molecule has 3 rings (SSSR count). The van der Waals surface area contributed by atoms with Gasteiger partial charge in [0.25, 0.3) is 5.91 Å². The first-order chi connectivity index (χ1) is 16.4. The van der Waals surface area contributed by atoms with Gasteiger partial charge in [-0.15, -0.1) is 0 Å². The van der Waals surface area contributed by atoms with E-state index in [1.165, 1.54) is 19.9 Å². The molecule has 4 N–H and O–H groups in total. The number of carbonyl (C=O) groups is 4. The predicted octanol–water partition coefficient (Wildman–Crippen LogP) is 2.67. The van der Waals surface area contributed by atoms with Crippen molar-refractivity contribution in [1.29, 1.82) is 0 Å². The standard InChI is InChI=1S/C24H29F3N4O4/c1-4-19(32)16(8-12-5-6-28-21(12)33)30-23(35)18(11-24(2,3)27)31-22(34)17-9-13-7-14(25)10-15(26)20(13)29-17/h7,9-10,12,16,18,29H,4-6,8,11H2,1-3H3,(H,28,33)(H,30,35)(H,31,34)/t12-,16-,18-/m0/s1. The van der Waals surface area contributed by atoms with E-state index in [0.29, 0.717) is 19.0 Å². The summed E-state index contributed by atoms with van der Waals surface area (Å²) in [6, 6.07) is 0.571. The maximum atomic E-state index is 14.5. The van der Waals surface area contributed by atoms with E-state index in [1.807, 2.05) is 0 Å². The van der Waals surface area contributed by atoms with Gasteiger partial charge in [-0.3, -0.25) is 19.2 Å². The molecule has 1 aromatic heterocycles. The molecule has 0 bridgehead atoms. The van der Waals surface area contributed by atoms with Crippen LogP contribution in [0.3, 0.4) is 0 Å². The maximum absolute atomic E-state index is 14.5. The van der Waals surface area contributed by atoms with Crippen LogP contribution in [-0.4, -0.2) is 52.8 Å². The Hall–Kier alpha value is -3.37. The Morgan fingerprint density at radius 3 is 2.46 bits per heavy atom. The maximum Gasteiger partial charge on any atom is 0.268 e. The van der Waals surface area contributed by atoms with Crippen LogP contribution >= 0.6 is 0 Å². The lowest BCUT2D eigenvalue weighted by molar-refractivity contribution is -0.130. The number of halogens is 3. The van der Waals surface area contributed by atoms with Crippen LogP contribution < -0.4 is 16.0 Å². The van der Waals surface area contributed by atoms with Gasteiger partial charge in [-0.05, 0) is 38.8 Å². The van der Waals surface area contributed by atoms with Crippen molar-refractivity contribution < 1.29 is 32.3 Å². The van der Waals surface area contributed by atoms with Crippen LogP contribution in [0.25, 0.3) is 10.9 Å². The summed E-state index contributed by atoms with van der Waals surface area (Å²) in [6.07, 6.45) is 0.320. The minimum atomic E-state index is -1.86. The number of rotatable bonds is 10. The van der Waals surface area contributed by atoms with E-state index in [4.69, 9.17) is 0 Å². The lowest BCUT2D eigenvalue weighted by atomic mass is 9.94. The highest BCUT2D eigenvalue weighted by Crippen LogP contribution is 2.22. The molecule has 1 aliphatic rings. The molecule has 1 aromatic carbocycles. The normalized spacial score (nSPS) is 17.7. The zero-order valence-corrected chi connectivity index (χ0v) is 19.8. The van der Waals surface area contributed by atoms with Gasteiger partial charge in [-0.25, -0.2) is 13.2 Å². The summed E-state index contributed by atoms with van der Waals surface area (Å²) in [6.45, 7) is 4.57. The van der Waals surface area contributed by atoms with Gasteiger partial charge in [-0.1, -0.05) is 6.92 Å². The molecule has 0 aliphatic carbocycles. The Labute approximate surface area is 200 Å². The zero-order valence-electron chi connectivity index (χ0n) is 19.8. The Morgan fingerprint density at radius 2 is 1.86 bits per heavy atom. The van der Waals surface area contributed by atoms with Gasteiger partial charge < -0.3 is 20.9 Å². The fourth-order valence-electron chi connectivity index (χ4n) is 4.16. The minimum absolute atomic E-state index is 0.0909. The summed E-state index contributed by atoms with van der Waals surface area (Å²) >= 11 is 0.